The molecule has 0 aromatic heterocycles. The smallest absolute Gasteiger partial charge is 0.248 e. The molecule has 3 aliphatic rings. The molecule has 5 rings (SSSR count). The van der Waals surface area contributed by atoms with Gasteiger partial charge in [-0.05, 0) is 159 Å². The summed E-state index contributed by atoms with van der Waals surface area (Å²) < 4.78 is 0. The van der Waals surface area contributed by atoms with E-state index in [9.17, 15) is 96.8 Å². The van der Waals surface area contributed by atoms with Crippen molar-refractivity contribution < 1.29 is 96.8 Å². The van der Waals surface area contributed by atoms with Crippen molar-refractivity contribution in [1.82, 2.24) is 83.8 Å². The fourth-order valence-electron chi connectivity index (χ4n) is 13.7. The number of amides is 17. The third-order valence-electron chi connectivity index (χ3n) is 20.9. The molecular weight excluding hydrogens is 1530 g/mol. The first-order valence-corrected chi connectivity index (χ1v) is 39.7. The van der Waals surface area contributed by atoms with Gasteiger partial charge >= 0.3 is 0 Å². The molecule has 3 aliphatic heterocycles. The molecule has 3 fully saturated rings. The number of nitrogens with one attached hydrogen (secondary N) is 13. The van der Waals surface area contributed by atoms with Crippen LogP contribution in [-0.2, 0) is 94.3 Å². The molecule has 3 saturated heterocycles. The lowest BCUT2D eigenvalue weighted by Gasteiger charge is -2.37. The van der Waals surface area contributed by atoms with Gasteiger partial charge in [-0.2, -0.15) is 0 Å². The number of aliphatic hydroxyl groups is 3. The normalized spacial score (nSPS) is 18.8. The molecule has 0 bridgehead atoms. The lowest BCUT2D eigenvalue weighted by atomic mass is 9.93. The Bertz CT molecular complexity index is 4060. The van der Waals surface area contributed by atoms with Crippen LogP contribution in [0.4, 0.5) is 0 Å². The van der Waals surface area contributed by atoms with Crippen molar-refractivity contribution in [3.05, 3.63) is 71.8 Å². The van der Waals surface area contributed by atoms with Crippen LogP contribution >= 0.6 is 0 Å². The maximum Gasteiger partial charge on any atom is 0.248 e. The Morgan fingerprint density at radius 2 is 0.881 bits per heavy atom. The summed E-state index contributed by atoms with van der Waals surface area (Å²) in [6.07, 6.45) is -3.03. The monoisotopic (exact) mass is 1660 g/mol. The van der Waals surface area contributed by atoms with Gasteiger partial charge in [-0.25, -0.2) is 0 Å². The predicted octanol–water partition coefficient (Wildman–Crippen LogP) is -2.69. The van der Waals surface area contributed by atoms with Gasteiger partial charge in [0.2, 0.25) is 100 Å². The lowest BCUT2D eigenvalue weighted by molar-refractivity contribution is -0.148. The Kier molecular flexibility index (Phi) is 33.3. The molecule has 0 saturated carbocycles. The van der Waals surface area contributed by atoms with Gasteiger partial charge in [-0.15, -0.1) is 0 Å². The van der Waals surface area contributed by atoms with E-state index >= 15 is 0 Å². The van der Waals surface area contributed by atoms with Crippen LogP contribution in [0.1, 0.15) is 194 Å². The van der Waals surface area contributed by atoms with Gasteiger partial charge in [-0.3, -0.25) is 81.5 Å². The molecule has 18 N–H and O–H groups in total. The zero-order valence-corrected chi connectivity index (χ0v) is 71.4. The SMILES string of the molecule is CC[C@@](C)(NC(=O)[C@H](CC(C)C)NC(=O)CNC(=O)C(C)(C)NC(=O)C(C)(C)NC(=O)C(C)(C)NC(=O)C(C)(C)NC(=O)[C@H](Cc1ccccc1)NC(C)=O)C(=O)NC(C)(C)C(=O)N1C[C@H](O)C[C@H]1C(=O)N[C@@H](CCC(N)=O)C(=O)NC(C)(C)C(=O)N1C[C@H](O)C[C@H]1C(=O)NC(C)(C)C(=O)N1CCC[C@H]1C(=O)N[C@@H](CO)Cc1ccccc1. The van der Waals surface area contributed by atoms with Crippen molar-refractivity contribution in [2.24, 2.45) is 11.7 Å². The summed E-state index contributed by atoms with van der Waals surface area (Å²) in [7, 11) is 0. The Labute approximate surface area is 689 Å². The number of nitrogens with zero attached hydrogens (tertiary/aromatic N) is 3. The highest BCUT2D eigenvalue weighted by Gasteiger charge is 2.52. The van der Waals surface area contributed by atoms with Crippen LogP contribution in [0.15, 0.2) is 60.7 Å². The van der Waals surface area contributed by atoms with Crippen LogP contribution in [0.2, 0.25) is 0 Å². The number of likely N-dealkylation sites (tertiary alicyclic amines) is 3. The summed E-state index contributed by atoms with van der Waals surface area (Å²) in [5.41, 5.74) is -7.05. The van der Waals surface area contributed by atoms with Crippen molar-refractivity contribution in [3.8, 4) is 0 Å². The van der Waals surface area contributed by atoms with E-state index in [4.69, 9.17) is 5.73 Å². The third kappa shape index (κ3) is 26.9. The highest BCUT2D eigenvalue weighted by Crippen LogP contribution is 2.29. The number of hydrogen-bond acceptors (Lipinski definition) is 20. The number of benzene rings is 2. The fraction of sp³-hybridized carbons (Fsp3) is 0.642. The summed E-state index contributed by atoms with van der Waals surface area (Å²) in [4.78, 5) is 239. The number of hydrogen-bond donors (Lipinski definition) is 17. The average Bonchev–Trinajstić information content (AvgIpc) is 1.62. The molecule has 17 amide bonds. The van der Waals surface area contributed by atoms with Gasteiger partial charge in [0.1, 0.15) is 80.6 Å². The molecule has 0 spiro atoms. The first kappa shape index (κ1) is 97.9. The van der Waals surface area contributed by atoms with Gasteiger partial charge < -0.3 is 105 Å². The maximum atomic E-state index is 14.7. The lowest BCUT2D eigenvalue weighted by Crippen LogP contribution is -2.68. The summed E-state index contributed by atoms with van der Waals surface area (Å²) in [5, 5.41) is 66.0. The second-order valence-electron chi connectivity index (χ2n) is 35.2. The molecule has 3 heterocycles. The van der Waals surface area contributed by atoms with E-state index in [0.717, 1.165) is 20.9 Å². The van der Waals surface area contributed by atoms with Crippen LogP contribution in [0.5, 0.6) is 0 Å². The minimum absolute atomic E-state index is 0.0107. The van der Waals surface area contributed by atoms with Gasteiger partial charge in [-0.1, -0.05) is 81.4 Å². The number of β-amino-alcohol motifs (C(OH)–C–C–N with tert-alkyl or cyclic N) is 2. The zero-order chi connectivity index (χ0) is 89.3. The minimum Gasteiger partial charge on any atom is -0.394 e. The molecule has 0 unspecified atom stereocenters. The predicted molar refractivity (Wildman–Crippen MR) is 431 cm³/mol. The Morgan fingerprint density at radius 1 is 0.466 bits per heavy atom. The Balaban J connectivity index is 1.18. The standard InChI is InChI=1S/C81H125N17O20/c1-20-81(19,91-62(107)53(36-45(2)3)86-59(104)41-83-66(111)74(5,6)92-68(113)76(9,10)94-69(114)77(11,12)93-67(112)75(7,8)88-61(106)54(84-46(4)100)38-48-30-25-22-26-31-48)70(115)95-80(17,18)73(118)97-42-50(101)39-56(97)64(109)87-52(33-34-58(82)103)60(105)89-79(15,16)72(117)98-43-51(102)40-57(98)65(110)90-78(13,14)71(116)96-35-27-32-55(96)63(108)85-49(44-99)37-47-28-23-21-24-29-47/h21-26,28-31,45,49-57,99,101-102H,20,27,32-44H2,1-19H3,(H2,82,103)(H,83,111)(H,84,100)(H,85,108)(H,86,104)(H,87,109)(H,88,106)(H,89,105)(H,90,110)(H,91,107)(H,92,113)(H,93,112)(H,94,114)(H,95,115)/t49-,50-,51-,52+,53+,54+,55+,56+,57+,81-/m1/s1. The van der Waals surface area contributed by atoms with Crippen LogP contribution in [0.3, 0.4) is 0 Å². The highest BCUT2D eigenvalue weighted by molar-refractivity contribution is 6.04. The second kappa shape index (κ2) is 40.2. The molecule has 2 aromatic rings. The van der Waals surface area contributed by atoms with Crippen LogP contribution < -0.4 is 74.9 Å². The number of aliphatic hydroxyl groups excluding tert-OH is 3. The molecule has 654 valence electrons. The second-order valence-corrected chi connectivity index (χ2v) is 35.2. The summed E-state index contributed by atoms with van der Waals surface area (Å²) >= 11 is 0. The first-order valence-electron chi connectivity index (χ1n) is 39.7. The van der Waals surface area contributed by atoms with Crippen LogP contribution in [0.25, 0.3) is 0 Å². The van der Waals surface area contributed by atoms with Gasteiger partial charge in [0.25, 0.3) is 0 Å². The highest BCUT2D eigenvalue weighted by atomic mass is 16.3. The minimum atomic E-state index is -1.93. The van der Waals surface area contributed by atoms with E-state index in [1.807, 2.05) is 30.3 Å². The van der Waals surface area contributed by atoms with Crippen LogP contribution in [-0.4, -0.2) is 262 Å². The van der Waals surface area contributed by atoms with Crippen molar-refractivity contribution in [1.29, 1.82) is 0 Å². The zero-order valence-electron chi connectivity index (χ0n) is 71.4. The van der Waals surface area contributed by atoms with Crippen molar-refractivity contribution >= 4 is 100 Å². The van der Waals surface area contributed by atoms with Crippen molar-refractivity contribution in [2.75, 3.05) is 32.8 Å². The summed E-state index contributed by atoms with van der Waals surface area (Å²) in [6.45, 7) is 24.8. The average molecular weight is 1660 g/mol. The summed E-state index contributed by atoms with van der Waals surface area (Å²) in [6, 6.07) is 9.57. The maximum absolute atomic E-state index is 14.7. The van der Waals surface area contributed by atoms with E-state index < -0.39 is 225 Å². The number of nitrogens with two attached hydrogens (primary N) is 1. The topological polar surface area (TPSA) is 543 Å². The van der Waals surface area contributed by atoms with Gasteiger partial charge in [0.15, 0.2) is 0 Å². The molecule has 0 aliphatic carbocycles. The van der Waals surface area contributed by atoms with Crippen molar-refractivity contribution in [3.63, 3.8) is 0 Å². The van der Waals surface area contributed by atoms with Crippen molar-refractivity contribution in [2.45, 2.75) is 295 Å². The van der Waals surface area contributed by atoms with E-state index in [0.29, 0.717) is 19.3 Å². The molecule has 2 aromatic carbocycles. The third-order valence-corrected chi connectivity index (χ3v) is 20.9. The number of carbonyl (C=O) groups excluding carboxylic acids is 17. The molecule has 37 heteroatoms. The van der Waals surface area contributed by atoms with E-state index in [1.54, 1.807) is 51.1 Å². The molecule has 0 radical (unpaired) electrons. The molecular formula is C81H125N17O20. The number of primary amides is 1. The van der Waals surface area contributed by atoms with Gasteiger partial charge in [0.05, 0.1) is 31.4 Å². The Morgan fingerprint density at radius 3 is 1.36 bits per heavy atom. The van der Waals surface area contributed by atoms with E-state index in [2.05, 4.69) is 69.1 Å². The first-order chi connectivity index (χ1) is 54.4. The molecule has 10 atom stereocenters. The summed E-state index contributed by atoms with van der Waals surface area (Å²) in [5.74, 6) is -14.0. The number of carbonyl (C=O) groups is 17. The number of rotatable bonds is 39. The fourth-order valence-corrected chi connectivity index (χ4v) is 13.7. The Hall–Kier alpha value is -10.7. The largest absolute Gasteiger partial charge is 0.394 e. The van der Waals surface area contributed by atoms with E-state index in [-0.39, 0.29) is 57.7 Å². The molecule has 37 nitrogen and oxygen atoms in total. The van der Waals surface area contributed by atoms with E-state index in [1.165, 1.54) is 116 Å². The quantitative estimate of drug-likeness (QED) is 0.0324. The van der Waals surface area contributed by atoms with Crippen LogP contribution in [0, 0.1) is 5.92 Å². The van der Waals surface area contributed by atoms with Gasteiger partial charge in [0, 0.05) is 52.2 Å². The molecule has 118 heavy (non-hydrogen) atoms.